The number of rotatable bonds is 2. The van der Waals surface area contributed by atoms with Gasteiger partial charge in [0.2, 0.25) is 0 Å². The fourth-order valence-corrected chi connectivity index (χ4v) is 2.61. The molecule has 0 N–H and O–H groups in total. The third kappa shape index (κ3) is 2.35. The molecule has 1 heterocycles. The van der Waals surface area contributed by atoms with Crippen LogP contribution in [0.5, 0.6) is 5.75 Å². The van der Waals surface area contributed by atoms with Crippen LogP contribution in [0.2, 0.25) is 0 Å². The summed E-state index contributed by atoms with van der Waals surface area (Å²) in [5.41, 5.74) is 1.10. The number of para-hydroxylation sites is 1. The van der Waals surface area contributed by atoms with E-state index in [9.17, 15) is 14.0 Å². The van der Waals surface area contributed by atoms with E-state index in [4.69, 9.17) is 4.74 Å². The van der Waals surface area contributed by atoms with Gasteiger partial charge in [0.05, 0.1) is 18.4 Å². The van der Waals surface area contributed by atoms with E-state index in [2.05, 4.69) is 0 Å². The Labute approximate surface area is 127 Å². The zero-order valence-corrected chi connectivity index (χ0v) is 12.0. The molecule has 0 bridgehead atoms. The maximum Gasteiger partial charge on any atom is 0.262 e. The lowest BCUT2D eigenvalue weighted by molar-refractivity contribution is 0.0953. The molecule has 0 saturated carbocycles. The lowest BCUT2D eigenvalue weighted by Gasteiger charge is -2.29. The van der Waals surface area contributed by atoms with Gasteiger partial charge in [0.1, 0.15) is 11.6 Å². The van der Waals surface area contributed by atoms with Gasteiger partial charge in [0, 0.05) is 18.5 Å². The molecule has 0 unspecified atom stereocenters. The van der Waals surface area contributed by atoms with Gasteiger partial charge < -0.3 is 9.64 Å². The van der Waals surface area contributed by atoms with Crippen molar-refractivity contribution in [2.75, 3.05) is 18.6 Å². The van der Waals surface area contributed by atoms with Crippen molar-refractivity contribution in [3.63, 3.8) is 0 Å². The molecule has 22 heavy (non-hydrogen) atoms. The Morgan fingerprint density at radius 1 is 1.23 bits per heavy atom. The van der Waals surface area contributed by atoms with Crippen LogP contribution in [0.15, 0.2) is 42.5 Å². The molecule has 0 aliphatic carbocycles. The normalized spacial score (nSPS) is 13.7. The number of methoxy groups -OCH3 is 1. The quantitative estimate of drug-likeness (QED) is 0.856. The zero-order valence-electron chi connectivity index (χ0n) is 12.0. The highest BCUT2D eigenvalue weighted by molar-refractivity contribution is 6.14. The topological polar surface area (TPSA) is 46.6 Å². The number of Topliss-reactive ketones (excluding diaryl/α,β-unsaturated/α-hetero) is 1. The van der Waals surface area contributed by atoms with Gasteiger partial charge in [-0.3, -0.25) is 9.59 Å². The minimum Gasteiger partial charge on any atom is -0.496 e. The molecule has 4 nitrogen and oxygen atoms in total. The van der Waals surface area contributed by atoms with E-state index in [0.717, 1.165) is 0 Å². The number of ketones is 1. The summed E-state index contributed by atoms with van der Waals surface area (Å²) in [6.45, 7) is 0.272. The van der Waals surface area contributed by atoms with Crippen molar-refractivity contribution in [3.05, 3.63) is 59.4 Å². The second-order valence-electron chi connectivity index (χ2n) is 4.99. The Bertz CT molecular complexity index is 757. The van der Waals surface area contributed by atoms with E-state index in [-0.39, 0.29) is 30.2 Å². The second kappa shape index (κ2) is 5.60. The van der Waals surface area contributed by atoms with Gasteiger partial charge >= 0.3 is 0 Å². The highest BCUT2D eigenvalue weighted by Gasteiger charge is 2.29. The van der Waals surface area contributed by atoms with E-state index in [0.29, 0.717) is 17.0 Å². The summed E-state index contributed by atoms with van der Waals surface area (Å²) in [6.07, 6.45) is 0.178. The summed E-state index contributed by atoms with van der Waals surface area (Å²) >= 11 is 0. The third-order valence-electron chi connectivity index (χ3n) is 3.69. The molecule has 0 saturated heterocycles. The average Bonchev–Trinajstić information content (AvgIpc) is 2.55. The maximum absolute atomic E-state index is 13.4. The minimum absolute atomic E-state index is 0.154. The number of carbonyl (C=O) groups is 2. The van der Waals surface area contributed by atoms with Crippen LogP contribution in [0.3, 0.4) is 0 Å². The molecule has 0 spiro atoms. The van der Waals surface area contributed by atoms with Crippen LogP contribution in [0.4, 0.5) is 10.1 Å². The molecular weight excluding hydrogens is 285 g/mol. The van der Waals surface area contributed by atoms with E-state index in [1.165, 1.54) is 30.2 Å². The molecule has 2 aromatic rings. The molecular formula is C17H14FNO3. The predicted molar refractivity (Wildman–Crippen MR) is 80.0 cm³/mol. The summed E-state index contributed by atoms with van der Waals surface area (Å²) < 4.78 is 18.6. The van der Waals surface area contributed by atoms with E-state index >= 15 is 0 Å². The minimum atomic E-state index is -0.487. The number of nitrogens with zero attached hydrogens (tertiary/aromatic N) is 1. The van der Waals surface area contributed by atoms with Crippen LogP contribution in [0.1, 0.15) is 27.1 Å². The van der Waals surface area contributed by atoms with Crippen LogP contribution < -0.4 is 9.64 Å². The van der Waals surface area contributed by atoms with E-state index in [1.807, 2.05) is 0 Å². The maximum atomic E-state index is 13.4. The largest absolute Gasteiger partial charge is 0.496 e. The van der Waals surface area contributed by atoms with Crippen LogP contribution in [0.25, 0.3) is 0 Å². The fraction of sp³-hybridized carbons (Fsp3) is 0.176. The smallest absolute Gasteiger partial charge is 0.262 e. The van der Waals surface area contributed by atoms with Crippen molar-refractivity contribution in [1.82, 2.24) is 0 Å². The van der Waals surface area contributed by atoms with Crippen LogP contribution in [-0.2, 0) is 0 Å². The average molecular weight is 299 g/mol. The molecule has 0 aromatic heterocycles. The van der Waals surface area contributed by atoms with Gasteiger partial charge in [-0.25, -0.2) is 4.39 Å². The van der Waals surface area contributed by atoms with Crippen LogP contribution in [-0.4, -0.2) is 25.3 Å². The molecule has 0 atom stereocenters. The molecule has 5 heteroatoms. The summed E-state index contributed by atoms with van der Waals surface area (Å²) in [5, 5.41) is 0. The lowest BCUT2D eigenvalue weighted by atomic mass is 9.99. The van der Waals surface area contributed by atoms with Crippen LogP contribution in [0, 0.1) is 5.82 Å². The van der Waals surface area contributed by atoms with Crippen molar-refractivity contribution in [2.24, 2.45) is 0 Å². The van der Waals surface area contributed by atoms with E-state index in [1.54, 1.807) is 24.3 Å². The molecule has 3 rings (SSSR count). The Hall–Kier alpha value is -2.69. The SMILES string of the molecule is COc1ccccc1C(=O)N1CCC(=O)c2cc(F)ccc21. The zero-order chi connectivity index (χ0) is 15.7. The van der Waals surface area contributed by atoms with Gasteiger partial charge in [0.25, 0.3) is 5.91 Å². The van der Waals surface area contributed by atoms with Crippen molar-refractivity contribution in [1.29, 1.82) is 0 Å². The summed E-state index contributed by atoms with van der Waals surface area (Å²) in [6, 6.07) is 10.8. The highest BCUT2D eigenvalue weighted by atomic mass is 19.1. The first-order valence-corrected chi connectivity index (χ1v) is 6.89. The predicted octanol–water partition coefficient (Wildman–Crippen LogP) is 3.07. The van der Waals surface area contributed by atoms with Gasteiger partial charge in [-0.15, -0.1) is 0 Å². The number of carbonyl (C=O) groups excluding carboxylic acids is 2. The molecule has 1 aliphatic heterocycles. The number of amides is 1. The molecule has 2 aromatic carbocycles. The van der Waals surface area contributed by atoms with Gasteiger partial charge in [0.15, 0.2) is 5.78 Å². The Morgan fingerprint density at radius 2 is 2.00 bits per heavy atom. The lowest BCUT2D eigenvalue weighted by Crippen LogP contribution is -2.37. The van der Waals surface area contributed by atoms with Gasteiger partial charge in [-0.1, -0.05) is 12.1 Å². The summed E-state index contributed by atoms with van der Waals surface area (Å²) in [4.78, 5) is 26.2. The molecule has 112 valence electrons. The Balaban J connectivity index is 2.05. The molecule has 1 aliphatic rings. The summed E-state index contributed by atoms with van der Waals surface area (Å²) in [5.74, 6) is -0.442. The first kappa shape index (κ1) is 14.3. The Kier molecular flexibility index (Phi) is 3.63. The van der Waals surface area contributed by atoms with Crippen molar-refractivity contribution in [3.8, 4) is 5.75 Å². The number of anilines is 1. The number of ether oxygens (including phenoxy) is 1. The van der Waals surface area contributed by atoms with Crippen molar-refractivity contribution < 1.29 is 18.7 Å². The Morgan fingerprint density at radius 3 is 2.77 bits per heavy atom. The molecule has 0 fully saturated rings. The molecule has 1 amide bonds. The number of halogens is 1. The number of hydrogen-bond donors (Lipinski definition) is 0. The van der Waals surface area contributed by atoms with Crippen molar-refractivity contribution >= 4 is 17.4 Å². The third-order valence-corrected chi connectivity index (χ3v) is 3.69. The second-order valence-corrected chi connectivity index (χ2v) is 4.99. The monoisotopic (exact) mass is 299 g/mol. The van der Waals surface area contributed by atoms with E-state index < -0.39 is 5.82 Å². The summed E-state index contributed by atoms with van der Waals surface area (Å²) in [7, 11) is 1.50. The number of benzene rings is 2. The van der Waals surface area contributed by atoms with Gasteiger partial charge in [-0.05, 0) is 30.3 Å². The first-order valence-electron chi connectivity index (χ1n) is 6.89. The first-order chi connectivity index (χ1) is 10.6. The number of hydrogen-bond acceptors (Lipinski definition) is 3. The standard InChI is InChI=1S/C17H14FNO3/c1-22-16-5-3-2-4-12(16)17(21)19-9-8-15(20)13-10-11(18)6-7-14(13)19/h2-7,10H,8-9H2,1H3. The van der Waals surface area contributed by atoms with Gasteiger partial charge in [-0.2, -0.15) is 0 Å². The molecule has 0 radical (unpaired) electrons. The van der Waals surface area contributed by atoms with Crippen LogP contribution >= 0.6 is 0 Å². The number of fused-ring (bicyclic) bond motifs is 1. The highest BCUT2D eigenvalue weighted by Crippen LogP contribution is 2.30. The van der Waals surface area contributed by atoms with Crippen molar-refractivity contribution in [2.45, 2.75) is 6.42 Å². The fourth-order valence-electron chi connectivity index (χ4n) is 2.61.